The van der Waals surface area contributed by atoms with E-state index in [-0.39, 0.29) is 5.56 Å². The fraction of sp³-hybridized carbons (Fsp3) is 0.250. The summed E-state index contributed by atoms with van der Waals surface area (Å²) in [4.78, 5) is 12.1. The molecule has 0 saturated heterocycles. The molecule has 0 aliphatic carbocycles. The van der Waals surface area contributed by atoms with Gasteiger partial charge in [-0.25, -0.2) is 0 Å². The highest BCUT2D eigenvalue weighted by Crippen LogP contribution is 2.15. The maximum absolute atomic E-state index is 12.1. The van der Waals surface area contributed by atoms with Crippen molar-refractivity contribution in [3.05, 3.63) is 46.8 Å². The molecule has 0 saturated carbocycles. The second kappa shape index (κ2) is 4.38. The Hall–Kier alpha value is -1.95. The minimum Gasteiger partial charge on any atom is -0.316 e. The Morgan fingerprint density at radius 1 is 1.28 bits per heavy atom. The SMILES string of the molecule is Cc1nncn1CCn1sc2ccccc2c1=O. The summed E-state index contributed by atoms with van der Waals surface area (Å²) in [5.41, 5.74) is 0.0846. The molecule has 2 aromatic heterocycles. The first-order valence-electron chi connectivity index (χ1n) is 5.69. The van der Waals surface area contributed by atoms with Gasteiger partial charge in [-0.2, -0.15) is 0 Å². The molecule has 3 rings (SSSR count). The average molecular weight is 260 g/mol. The van der Waals surface area contributed by atoms with Crippen LogP contribution in [0.15, 0.2) is 35.4 Å². The van der Waals surface area contributed by atoms with E-state index in [1.165, 1.54) is 11.5 Å². The summed E-state index contributed by atoms with van der Waals surface area (Å²) in [6.45, 7) is 3.27. The van der Waals surface area contributed by atoms with Crippen molar-refractivity contribution in [1.29, 1.82) is 0 Å². The van der Waals surface area contributed by atoms with E-state index in [1.807, 2.05) is 35.8 Å². The van der Waals surface area contributed by atoms with Crippen molar-refractivity contribution in [1.82, 2.24) is 18.7 Å². The molecule has 0 radical (unpaired) electrons. The number of fused-ring (bicyclic) bond motifs is 1. The predicted molar refractivity (Wildman–Crippen MR) is 70.8 cm³/mol. The Morgan fingerprint density at radius 3 is 2.83 bits per heavy atom. The molecule has 0 spiro atoms. The lowest BCUT2D eigenvalue weighted by molar-refractivity contribution is 0.586. The topological polar surface area (TPSA) is 52.7 Å². The monoisotopic (exact) mass is 260 g/mol. The molecule has 3 aromatic rings. The van der Waals surface area contributed by atoms with Gasteiger partial charge in [0, 0.05) is 6.54 Å². The van der Waals surface area contributed by atoms with Gasteiger partial charge in [0.1, 0.15) is 12.2 Å². The van der Waals surface area contributed by atoms with Crippen LogP contribution in [0.25, 0.3) is 10.1 Å². The third-order valence-electron chi connectivity index (χ3n) is 2.91. The zero-order valence-corrected chi connectivity index (χ0v) is 10.7. The lowest BCUT2D eigenvalue weighted by Gasteiger charge is -2.02. The fourth-order valence-electron chi connectivity index (χ4n) is 1.90. The zero-order chi connectivity index (χ0) is 12.5. The number of benzene rings is 1. The molecule has 0 aliphatic heterocycles. The van der Waals surface area contributed by atoms with Crippen LogP contribution in [0.3, 0.4) is 0 Å². The fourth-order valence-corrected chi connectivity index (χ4v) is 2.88. The number of hydrogen-bond acceptors (Lipinski definition) is 4. The van der Waals surface area contributed by atoms with Gasteiger partial charge < -0.3 is 4.57 Å². The molecule has 1 aromatic carbocycles. The van der Waals surface area contributed by atoms with Crippen LogP contribution in [-0.2, 0) is 13.1 Å². The molecule has 0 atom stereocenters. The highest BCUT2D eigenvalue weighted by Gasteiger charge is 2.07. The Labute approximate surface area is 107 Å². The second-order valence-electron chi connectivity index (χ2n) is 4.07. The summed E-state index contributed by atoms with van der Waals surface area (Å²) in [6, 6.07) is 7.69. The molecule has 92 valence electrons. The van der Waals surface area contributed by atoms with Gasteiger partial charge in [0.15, 0.2) is 0 Å². The van der Waals surface area contributed by atoms with Gasteiger partial charge in [0.05, 0.1) is 16.6 Å². The van der Waals surface area contributed by atoms with Crippen LogP contribution in [0.1, 0.15) is 5.82 Å². The van der Waals surface area contributed by atoms with Gasteiger partial charge in [0.2, 0.25) is 0 Å². The molecule has 0 bridgehead atoms. The average Bonchev–Trinajstić information content (AvgIpc) is 2.92. The van der Waals surface area contributed by atoms with Crippen LogP contribution < -0.4 is 5.56 Å². The Kier molecular flexibility index (Phi) is 2.71. The first-order chi connectivity index (χ1) is 8.75. The Balaban J connectivity index is 1.89. The first-order valence-corrected chi connectivity index (χ1v) is 6.46. The number of nitrogens with zero attached hydrogens (tertiary/aromatic N) is 4. The zero-order valence-electron chi connectivity index (χ0n) is 9.91. The summed E-state index contributed by atoms with van der Waals surface area (Å²) in [6.07, 6.45) is 1.69. The highest BCUT2D eigenvalue weighted by molar-refractivity contribution is 7.13. The molecular weight excluding hydrogens is 248 g/mol. The van der Waals surface area contributed by atoms with Gasteiger partial charge in [-0.3, -0.25) is 8.75 Å². The van der Waals surface area contributed by atoms with Gasteiger partial charge in [-0.05, 0) is 19.1 Å². The van der Waals surface area contributed by atoms with E-state index >= 15 is 0 Å². The molecule has 0 unspecified atom stereocenters. The molecule has 5 nitrogen and oxygen atoms in total. The smallest absolute Gasteiger partial charge is 0.268 e. The molecule has 0 amide bonds. The minimum atomic E-state index is 0.0846. The van der Waals surface area contributed by atoms with Crippen molar-refractivity contribution in [3.8, 4) is 0 Å². The van der Waals surface area contributed by atoms with E-state index < -0.39 is 0 Å². The summed E-state index contributed by atoms with van der Waals surface area (Å²) in [7, 11) is 0. The third-order valence-corrected chi connectivity index (χ3v) is 4.03. The van der Waals surface area contributed by atoms with Crippen molar-refractivity contribution in [2.75, 3.05) is 0 Å². The quantitative estimate of drug-likeness (QED) is 0.719. The molecule has 2 heterocycles. The summed E-state index contributed by atoms with van der Waals surface area (Å²) in [5, 5.41) is 8.55. The summed E-state index contributed by atoms with van der Waals surface area (Å²) in [5.74, 6) is 0.865. The van der Waals surface area contributed by atoms with Crippen molar-refractivity contribution < 1.29 is 0 Å². The normalized spacial score (nSPS) is 11.2. The van der Waals surface area contributed by atoms with Crippen molar-refractivity contribution in [3.63, 3.8) is 0 Å². The largest absolute Gasteiger partial charge is 0.316 e. The Morgan fingerprint density at radius 2 is 2.11 bits per heavy atom. The molecule has 18 heavy (non-hydrogen) atoms. The predicted octanol–water partition coefficient (Wildman–Crippen LogP) is 1.66. The van der Waals surface area contributed by atoms with E-state index in [0.29, 0.717) is 13.1 Å². The molecule has 0 N–H and O–H groups in total. The van der Waals surface area contributed by atoms with Crippen molar-refractivity contribution in [2.24, 2.45) is 0 Å². The maximum atomic E-state index is 12.1. The van der Waals surface area contributed by atoms with Gasteiger partial charge in [-0.1, -0.05) is 23.7 Å². The van der Waals surface area contributed by atoms with Crippen LogP contribution >= 0.6 is 11.5 Å². The lowest BCUT2D eigenvalue weighted by atomic mass is 10.3. The number of aryl methyl sites for hydroxylation is 3. The molecular formula is C12H12N4OS. The van der Waals surface area contributed by atoms with Crippen molar-refractivity contribution >= 4 is 21.6 Å². The van der Waals surface area contributed by atoms with Crippen LogP contribution in [0, 0.1) is 6.92 Å². The van der Waals surface area contributed by atoms with Crippen molar-refractivity contribution in [2.45, 2.75) is 20.0 Å². The molecule has 0 aliphatic rings. The van der Waals surface area contributed by atoms with E-state index in [1.54, 1.807) is 10.3 Å². The van der Waals surface area contributed by atoms with Crippen LogP contribution in [0.5, 0.6) is 0 Å². The standard InChI is InChI=1S/C12H12N4OS/c1-9-14-13-8-15(9)6-7-16-12(17)10-4-2-3-5-11(10)18-16/h2-5,8H,6-7H2,1H3. The minimum absolute atomic E-state index is 0.0846. The summed E-state index contributed by atoms with van der Waals surface area (Å²) >= 11 is 1.50. The second-order valence-corrected chi connectivity index (χ2v) is 5.13. The number of aromatic nitrogens is 4. The van der Waals surface area contributed by atoms with Crippen LogP contribution in [0.4, 0.5) is 0 Å². The third kappa shape index (κ3) is 1.84. The Bertz CT molecular complexity index is 740. The van der Waals surface area contributed by atoms with Crippen LogP contribution in [-0.4, -0.2) is 18.7 Å². The van der Waals surface area contributed by atoms with E-state index in [0.717, 1.165) is 15.9 Å². The maximum Gasteiger partial charge on any atom is 0.268 e. The van der Waals surface area contributed by atoms with E-state index in [2.05, 4.69) is 10.2 Å². The number of hydrogen-bond donors (Lipinski definition) is 0. The molecule has 0 fully saturated rings. The highest BCUT2D eigenvalue weighted by atomic mass is 32.1. The first kappa shape index (κ1) is 11.2. The van der Waals surface area contributed by atoms with E-state index in [4.69, 9.17) is 0 Å². The van der Waals surface area contributed by atoms with E-state index in [9.17, 15) is 4.79 Å². The van der Waals surface area contributed by atoms with Crippen LogP contribution in [0.2, 0.25) is 0 Å². The molecule has 6 heteroatoms. The van der Waals surface area contributed by atoms with Gasteiger partial charge in [-0.15, -0.1) is 10.2 Å². The number of rotatable bonds is 3. The summed E-state index contributed by atoms with van der Waals surface area (Å²) < 4.78 is 4.75. The van der Waals surface area contributed by atoms with Gasteiger partial charge >= 0.3 is 0 Å². The lowest BCUT2D eigenvalue weighted by Crippen LogP contribution is -2.16. The van der Waals surface area contributed by atoms with Gasteiger partial charge in [0.25, 0.3) is 5.56 Å².